The van der Waals surface area contributed by atoms with Gasteiger partial charge in [-0.15, -0.1) is 0 Å². The van der Waals surface area contributed by atoms with Gasteiger partial charge in [-0.25, -0.2) is 0 Å². The lowest BCUT2D eigenvalue weighted by molar-refractivity contribution is 0.330. The van der Waals surface area contributed by atoms with Crippen molar-refractivity contribution in [3.8, 4) is 6.07 Å². The second-order valence-corrected chi connectivity index (χ2v) is 3.71. The highest BCUT2D eigenvalue weighted by atomic mass is 15.1. The molecular weight excluding hydrogens is 162 g/mol. The lowest BCUT2D eigenvalue weighted by Crippen LogP contribution is -2.29. The van der Waals surface area contributed by atoms with Gasteiger partial charge in [0.15, 0.2) is 0 Å². The molecule has 3 heteroatoms. The summed E-state index contributed by atoms with van der Waals surface area (Å²) in [4.78, 5) is 2.50. The third-order valence-corrected chi connectivity index (χ3v) is 2.49. The van der Waals surface area contributed by atoms with E-state index in [1.54, 1.807) is 0 Å². The minimum absolute atomic E-state index is 0.00132. The molecular formula is C10H19N3. The molecule has 1 atom stereocenters. The Morgan fingerprint density at radius 1 is 1.46 bits per heavy atom. The molecule has 1 rings (SSSR count). The zero-order valence-electron chi connectivity index (χ0n) is 8.42. The molecule has 1 aliphatic heterocycles. The van der Waals surface area contributed by atoms with E-state index >= 15 is 0 Å². The quantitative estimate of drug-likeness (QED) is 0.642. The Morgan fingerprint density at radius 2 is 2.15 bits per heavy atom. The van der Waals surface area contributed by atoms with Crippen LogP contribution in [0.15, 0.2) is 0 Å². The summed E-state index contributed by atoms with van der Waals surface area (Å²) in [6, 6.07) is 2.17. The van der Waals surface area contributed by atoms with E-state index in [0.717, 1.165) is 13.0 Å². The van der Waals surface area contributed by atoms with E-state index in [1.807, 2.05) is 6.92 Å². The van der Waals surface area contributed by atoms with Crippen molar-refractivity contribution in [1.29, 1.82) is 5.26 Å². The van der Waals surface area contributed by atoms with Crippen molar-refractivity contribution < 1.29 is 0 Å². The van der Waals surface area contributed by atoms with Gasteiger partial charge in [0, 0.05) is 0 Å². The Balaban J connectivity index is 1.92. The first kappa shape index (κ1) is 10.5. The summed E-state index contributed by atoms with van der Waals surface area (Å²) in [5.41, 5.74) is 0. The van der Waals surface area contributed by atoms with Crippen molar-refractivity contribution in [2.75, 3.05) is 26.2 Å². The first-order valence-electron chi connectivity index (χ1n) is 5.18. The van der Waals surface area contributed by atoms with Crippen molar-refractivity contribution in [2.24, 2.45) is 0 Å². The van der Waals surface area contributed by atoms with Crippen LogP contribution in [0.4, 0.5) is 0 Å². The molecule has 13 heavy (non-hydrogen) atoms. The second kappa shape index (κ2) is 5.95. The molecule has 1 heterocycles. The van der Waals surface area contributed by atoms with E-state index in [9.17, 15) is 0 Å². The van der Waals surface area contributed by atoms with Gasteiger partial charge in [-0.1, -0.05) is 0 Å². The number of rotatable bonds is 5. The predicted octanol–water partition coefficient (Wildman–Crippen LogP) is 0.974. The van der Waals surface area contributed by atoms with Crippen LogP contribution in [0.3, 0.4) is 0 Å². The van der Waals surface area contributed by atoms with Crippen molar-refractivity contribution in [3.05, 3.63) is 0 Å². The van der Waals surface area contributed by atoms with E-state index in [0.29, 0.717) is 0 Å². The maximum Gasteiger partial charge on any atom is 0.0924 e. The van der Waals surface area contributed by atoms with Gasteiger partial charge in [-0.3, -0.25) is 0 Å². The standard InChI is InChI=1S/C10H19N3/c1-10(9-11)12-5-4-8-13-6-2-3-7-13/h10,12H,2-8H2,1H3. The molecule has 1 N–H and O–H groups in total. The molecule has 0 aromatic rings. The Kier molecular flexibility index (Phi) is 4.81. The molecule has 0 spiro atoms. The maximum absolute atomic E-state index is 8.52. The van der Waals surface area contributed by atoms with Crippen LogP contribution in [0, 0.1) is 11.3 Å². The van der Waals surface area contributed by atoms with Crippen molar-refractivity contribution in [3.63, 3.8) is 0 Å². The Bertz CT molecular complexity index is 167. The molecule has 0 aromatic carbocycles. The zero-order chi connectivity index (χ0) is 9.52. The molecule has 1 saturated heterocycles. The van der Waals surface area contributed by atoms with E-state index < -0.39 is 0 Å². The number of likely N-dealkylation sites (tertiary alicyclic amines) is 1. The van der Waals surface area contributed by atoms with Crippen LogP contribution < -0.4 is 5.32 Å². The molecule has 0 aliphatic carbocycles. The Morgan fingerprint density at radius 3 is 2.77 bits per heavy atom. The number of nitrogens with zero attached hydrogens (tertiary/aromatic N) is 2. The average Bonchev–Trinajstić information content (AvgIpc) is 2.64. The maximum atomic E-state index is 8.52. The predicted molar refractivity (Wildman–Crippen MR) is 53.4 cm³/mol. The molecule has 74 valence electrons. The summed E-state index contributed by atoms with van der Waals surface area (Å²) in [6.45, 7) is 6.59. The Hall–Kier alpha value is -0.590. The summed E-state index contributed by atoms with van der Waals surface area (Å²) in [5.74, 6) is 0. The Labute approximate surface area is 80.7 Å². The van der Waals surface area contributed by atoms with E-state index in [2.05, 4.69) is 16.3 Å². The fourth-order valence-corrected chi connectivity index (χ4v) is 1.67. The largest absolute Gasteiger partial charge is 0.303 e. The third kappa shape index (κ3) is 4.25. The molecule has 1 aliphatic rings. The molecule has 0 bridgehead atoms. The van der Waals surface area contributed by atoms with Gasteiger partial charge >= 0.3 is 0 Å². The highest BCUT2D eigenvalue weighted by Crippen LogP contribution is 2.06. The smallest absolute Gasteiger partial charge is 0.0924 e. The average molecular weight is 181 g/mol. The van der Waals surface area contributed by atoms with E-state index in [1.165, 1.54) is 32.5 Å². The van der Waals surface area contributed by atoms with Crippen LogP contribution >= 0.6 is 0 Å². The minimum Gasteiger partial charge on any atom is -0.303 e. The van der Waals surface area contributed by atoms with Crippen LogP contribution in [0.5, 0.6) is 0 Å². The normalized spacial score (nSPS) is 20.0. The molecule has 1 unspecified atom stereocenters. The highest BCUT2D eigenvalue weighted by Gasteiger charge is 2.10. The third-order valence-electron chi connectivity index (χ3n) is 2.49. The summed E-state index contributed by atoms with van der Waals surface area (Å²) in [5, 5.41) is 11.7. The van der Waals surface area contributed by atoms with Gasteiger partial charge < -0.3 is 10.2 Å². The fraction of sp³-hybridized carbons (Fsp3) is 0.900. The van der Waals surface area contributed by atoms with Crippen LogP contribution in [0.2, 0.25) is 0 Å². The van der Waals surface area contributed by atoms with Crippen molar-refractivity contribution in [1.82, 2.24) is 10.2 Å². The summed E-state index contributed by atoms with van der Waals surface area (Å²) < 4.78 is 0. The fourth-order valence-electron chi connectivity index (χ4n) is 1.67. The summed E-state index contributed by atoms with van der Waals surface area (Å²) in [6.07, 6.45) is 3.88. The zero-order valence-corrected chi connectivity index (χ0v) is 8.42. The highest BCUT2D eigenvalue weighted by molar-refractivity contribution is 4.85. The lowest BCUT2D eigenvalue weighted by Gasteiger charge is -2.14. The van der Waals surface area contributed by atoms with Gasteiger partial charge in [0.05, 0.1) is 12.1 Å². The number of nitrogens with one attached hydrogen (secondary N) is 1. The molecule has 0 aromatic heterocycles. The van der Waals surface area contributed by atoms with Gasteiger partial charge in [0.25, 0.3) is 0 Å². The van der Waals surface area contributed by atoms with Crippen LogP contribution in [-0.2, 0) is 0 Å². The van der Waals surface area contributed by atoms with Gasteiger partial charge in [-0.2, -0.15) is 5.26 Å². The van der Waals surface area contributed by atoms with E-state index in [-0.39, 0.29) is 6.04 Å². The molecule has 0 saturated carbocycles. The minimum atomic E-state index is -0.00132. The first-order valence-corrected chi connectivity index (χ1v) is 5.18. The number of nitriles is 1. The molecule has 3 nitrogen and oxygen atoms in total. The van der Waals surface area contributed by atoms with E-state index in [4.69, 9.17) is 5.26 Å². The molecule has 1 fully saturated rings. The molecule has 0 radical (unpaired) electrons. The SMILES string of the molecule is CC(C#N)NCCCN1CCCC1. The van der Waals surface area contributed by atoms with Gasteiger partial charge in [0.1, 0.15) is 0 Å². The van der Waals surface area contributed by atoms with Gasteiger partial charge in [-0.05, 0) is 52.4 Å². The summed E-state index contributed by atoms with van der Waals surface area (Å²) >= 11 is 0. The number of hydrogen-bond donors (Lipinski definition) is 1. The lowest BCUT2D eigenvalue weighted by atomic mass is 10.3. The number of hydrogen-bond acceptors (Lipinski definition) is 3. The van der Waals surface area contributed by atoms with Crippen molar-refractivity contribution in [2.45, 2.75) is 32.2 Å². The molecule has 0 amide bonds. The van der Waals surface area contributed by atoms with Gasteiger partial charge in [0.2, 0.25) is 0 Å². The topological polar surface area (TPSA) is 39.1 Å². The first-order chi connectivity index (χ1) is 6.33. The van der Waals surface area contributed by atoms with Crippen molar-refractivity contribution >= 4 is 0 Å². The van der Waals surface area contributed by atoms with Crippen LogP contribution in [0.25, 0.3) is 0 Å². The summed E-state index contributed by atoms with van der Waals surface area (Å²) in [7, 11) is 0. The van der Waals surface area contributed by atoms with Crippen LogP contribution in [0.1, 0.15) is 26.2 Å². The second-order valence-electron chi connectivity index (χ2n) is 3.71. The van der Waals surface area contributed by atoms with Crippen LogP contribution in [-0.4, -0.2) is 37.1 Å². The monoisotopic (exact) mass is 181 g/mol.